The van der Waals surface area contributed by atoms with Gasteiger partial charge in [-0.05, 0) is 93.5 Å². The molecule has 7 rings (SSSR count). The lowest BCUT2D eigenvalue weighted by atomic mass is 9.82. The van der Waals surface area contributed by atoms with Gasteiger partial charge < -0.3 is 10.1 Å². The summed E-state index contributed by atoms with van der Waals surface area (Å²) in [5.41, 5.74) is 5.15. The van der Waals surface area contributed by atoms with E-state index in [4.69, 9.17) is 4.74 Å². The van der Waals surface area contributed by atoms with Gasteiger partial charge in [0.25, 0.3) is 10.0 Å². The van der Waals surface area contributed by atoms with E-state index in [-0.39, 0.29) is 23.0 Å². The van der Waals surface area contributed by atoms with Crippen molar-refractivity contribution in [2.45, 2.75) is 81.9 Å². The normalized spacial score (nSPS) is 26.7. The molecular formula is C31H37N5O3S. The Morgan fingerprint density at radius 3 is 2.45 bits per heavy atom. The number of aryl methyl sites for hydroxylation is 2. The first-order valence-electron chi connectivity index (χ1n) is 14.5. The first-order chi connectivity index (χ1) is 19.3. The molecule has 4 aliphatic rings. The minimum atomic E-state index is -3.91. The van der Waals surface area contributed by atoms with Gasteiger partial charge in [-0.15, -0.1) is 0 Å². The van der Waals surface area contributed by atoms with Crippen LogP contribution in [-0.2, 0) is 10.0 Å². The van der Waals surface area contributed by atoms with E-state index in [0.29, 0.717) is 23.0 Å². The van der Waals surface area contributed by atoms with E-state index < -0.39 is 10.0 Å². The number of nitrogens with zero attached hydrogens (tertiary/aromatic N) is 3. The van der Waals surface area contributed by atoms with Crippen LogP contribution in [0.1, 0.15) is 56.1 Å². The van der Waals surface area contributed by atoms with Gasteiger partial charge in [0.15, 0.2) is 0 Å². The lowest BCUT2D eigenvalue weighted by Crippen LogP contribution is -2.55. The molecule has 9 heteroatoms. The third-order valence-corrected chi connectivity index (χ3v) is 10.8. The van der Waals surface area contributed by atoms with Crippen LogP contribution in [0.5, 0.6) is 5.88 Å². The summed E-state index contributed by atoms with van der Waals surface area (Å²) in [5, 5.41) is 3.64. The summed E-state index contributed by atoms with van der Waals surface area (Å²) in [7, 11) is -3.91. The van der Waals surface area contributed by atoms with Crippen molar-refractivity contribution < 1.29 is 13.2 Å². The molecule has 40 heavy (non-hydrogen) atoms. The molecule has 210 valence electrons. The minimum absolute atomic E-state index is 0.0132. The topological polar surface area (TPSA) is 96.5 Å². The van der Waals surface area contributed by atoms with Crippen LogP contribution in [0.3, 0.4) is 0 Å². The van der Waals surface area contributed by atoms with Gasteiger partial charge in [0.05, 0.1) is 16.6 Å². The first kappa shape index (κ1) is 25.8. The molecule has 2 atom stereocenters. The minimum Gasteiger partial charge on any atom is -0.472 e. The molecule has 1 spiro atoms. The molecule has 2 saturated carbocycles. The summed E-state index contributed by atoms with van der Waals surface area (Å²) >= 11 is 0. The van der Waals surface area contributed by atoms with Crippen LogP contribution in [0.2, 0.25) is 0 Å². The summed E-state index contributed by atoms with van der Waals surface area (Å²) < 4.78 is 36.0. The predicted octanol–water partition coefficient (Wildman–Crippen LogP) is 5.53. The molecule has 8 nitrogen and oxygen atoms in total. The highest BCUT2D eigenvalue weighted by Crippen LogP contribution is 2.56. The van der Waals surface area contributed by atoms with E-state index in [0.717, 1.165) is 41.9 Å². The highest BCUT2D eigenvalue weighted by molar-refractivity contribution is 7.92. The molecule has 3 fully saturated rings. The van der Waals surface area contributed by atoms with Crippen molar-refractivity contribution >= 4 is 21.7 Å². The van der Waals surface area contributed by atoms with E-state index in [2.05, 4.69) is 24.9 Å². The summed E-state index contributed by atoms with van der Waals surface area (Å²) in [4.78, 5) is 12.0. The molecule has 2 aromatic carbocycles. The fourth-order valence-electron chi connectivity index (χ4n) is 7.00. The number of benzene rings is 2. The lowest BCUT2D eigenvalue weighted by molar-refractivity contribution is 0.0434. The SMILES string of the molecule is Cc1cccc(C)c1-c1cc2nc(n1)NS(=O)(=O)c1cccc(c1)N[C@@H]1CN(C3CCC4(CC3)CC4)CC[C@H]1O2. The van der Waals surface area contributed by atoms with Crippen LogP contribution in [0.15, 0.2) is 53.4 Å². The maximum atomic E-state index is 13.4. The lowest BCUT2D eigenvalue weighted by Gasteiger charge is -2.44. The molecule has 0 unspecified atom stereocenters. The van der Waals surface area contributed by atoms with Crippen LogP contribution < -0.4 is 14.8 Å². The smallest absolute Gasteiger partial charge is 0.264 e. The van der Waals surface area contributed by atoms with Crippen LogP contribution in [0, 0.1) is 19.3 Å². The number of rotatable bonds is 2. The molecule has 4 bridgehead atoms. The fourth-order valence-corrected chi connectivity index (χ4v) is 7.99. The highest BCUT2D eigenvalue weighted by atomic mass is 32.2. The summed E-state index contributed by atoms with van der Waals surface area (Å²) in [6.45, 7) is 5.89. The summed E-state index contributed by atoms with van der Waals surface area (Å²) in [5.74, 6) is 0.396. The number of fused-ring (bicyclic) bond motifs is 5. The number of aromatic nitrogens is 2. The molecular weight excluding hydrogens is 522 g/mol. The van der Waals surface area contributed by atoms with Crippen molar-refractivity contribution in [2.24, 2.45) is 5.41 Å². The van der Waals surface area contributed by atoms with Gasteiger partial charge in [0.2, 0.25) is 11.8 Å². The fraction of sp³-hybridized carbons (Fsp3) is 0.484. The molecule has 0 amide bonds. The van der Waals surface area contributed by atoms with Crippen LogP contribution >= 0.6 is 0 Å². The number of anilines is 2. The third kappa shape index (κ3) is 4.94. The number of sulfonamides is 1. The maximum Gasteiger partial charge on any atom is 0.264 e. The Hall–Kier alpha value is -3.17. The Morgan fingerprint density at radius 1 is 0.950 bits per heavy atom. The third-order valence-electron chi connectivity index (χ3n) is 9.50. The first-order valence-corrected chi connectivity index (χ1v) is 16.0. The number of hydrogen-bond acceptors (Lipinski definition) is 7. The van der Waals surface area contributed by atoms with Crippen LogP contribution in [-0.4, -0.2) is 54.6 Å². The van der Waals surface area contributed by atoms with Gasteiger partial charge in [0.1, 0.15) is 6.10 Å². The Balaban J connectivity index is 1.25. The molecule has 2 aliphatic carbocycles. The van der Waals surface area contributed by atoms with Gasteiger partial charge in [-0.2, -0.15) is 4.98 Å². The largest absolute Gasteiger partial charge is 0.472 e. The van der Waals surface area contributed by atoms with Crippen molar-refractivity contribution in [2.75, 3.05) is 23.1 Å². The second-order valence-corrected chi connectivity index (χ2v) is 13.9. The van der Waals surface area contributed by atoms with Crippen molar-refractivity contribution in [1.82, 2.24) is 14.9 Å². The quantitative estimate of drug-likeness (QED) is 0.426. The molecule has 1 saturated heterocycles. The second-order valence-electron chi connectivity index (χ2n) is 12.2. The number of nitrogens with one attached hydrogen (secondary N) is 2. The average Bonchev–Trinajstić information content (AvgIpc) is 3.68. The average molecular weight is 560 g/mol. The van der Waals surface area contributed by atoms with Crippen LogP contribution in [0.25, 0.3) is 11.3 Å². The Kier molecular flexibility index (Phi) is 6.27. The Labute approximate surface area is 236 Å². The number of piperidine rings is 1. The zero-order valence-electron chi connectivity index (χ0n) is 23.2. The molecule has 0 radical (unpaired) electrons. The monoisotopic (exact) mass is 559 g/mol. The van der Waals surface area contributed by atoms with Crippen molar-refractivity contribution in [3.8, 4) is 17.1 Å². The summed E-state index contributed by atoms with van der Waals surface area (Å²) in [6.07, 6.45) is 8.81. The van der Waals surface area contributed by atoms with Gasteiger partial charge in [-0.25, -0.2) is 18.1 Å². The summed E-state index contributed by atoms with van der Waals surface area (Å²) in [6, 6.07) is 15.5. The molecule has 3 heterocycles. The highest BCUT2D eigenvalue weighted by Gasteiger charge is 2.46. The van der Waals surface area contributed by atoms with E-state index in [1.54, 1.807) is 18.2 Å². The Morgan fingerprint density at radius 2 is 1.70 bits per heavy atom. The van der Waals surface area contributed by atoms with Crippen molar-refractivity contribution in [1.29, 1.82) is 0 Å². The molecule has 1 aromatic heterocycles. The molecule has 2 aliphatic heterocycles. The van der Waals surface area contributed by atoms with Gasteiger partial charge in [-0.3, -0.25) is 4.90 Å². The van der Waals surface area contributed by atoms with Gasteiger partial charge in [0, 0.05) is 36.4 Å². The van der Waals surface area contributed by atoms with Crippen molar-refractivity contribution in [3.05, 3.63) is 59.7 Å². The zero-order chi connectivity index (χ0) is 27.5. The molecule has 2 N–H and O–H groups in total. The van der Waals surface area contributed by atoms with E-state index in [1.807, 2.05) is 44.2 Å². The second kappa shape index (κ2) is 9.73. The number of hydrogen-bond donors (Lipinski definition) is 2. The maximum absolute atomic E-state index is 13.4. The molecule has 3 aromatic rings. The van der Waals surface area contributed by atoms with E-state index >= 15 is 0 Å². The predicted molar refractivity (Wildman–Crippen MR) is 156 cm³/mol. The van der Waals surface area contributed by atoms with Crippen molar-refractivity contribution in [3.63, 3.8) is 0 Å². The van der Waals surface area contributed by atoms with E-state index in [9.17, 15) is 8.42 Å². The zero-order valence-corrected chi connectivity index (χ0v) is 24.0. The van der Waals surface area contributed by atoms with Gasteiger partial charge >= 0.3 is 0 Å². The Bertz CT molecular complexity index is 1520. The number of likely N-dealkylation sites (tertiary alicyclic amines) is 1. The standard InChI is InChI=1S/C31H37N5O3S/c1-20-5-3-6-21(2)29(20)25-18-28-34-30(33-25)35-40(37,38)24-8-4-7-22(17-24)32-26-19-36(16-11-27(26)39-28)23-9-12-31(13-10-23)14-15-31/h3-8,17-18,23,26-27,32H,9-16,19H2,1-2H3,(H,33,34,35)/t26-,27-/m1/s1. The van der Waals surface area contributed by atoms with Crippen LogP contribution in [0.4, 0.5) is 11.6 Å². The number of ether oxygens (including phenoxy) is 1. The van der Waals surface area contributed by atoms with Gasteiger partial charge in [-0.1, -0.05) is 24.3 Å². The van der Waals surface area contributed by atoms with E-state index in [1.165, 1.54) is 38.5 Å².